The van der Waals surface area contributed by atoms with Crippen molar-refractivity contribution >= 4 is 11.9 Å². The first-order valence-electron chi connectivity index (χ1n) is 5.75. The third kappa shape index (κ3) is 3.25. The van der Waals surface area contributed by atoms with Gasteiger partial charge in [-0.3, -0.25) is 4.90 Å². The summed E-state index contributed by atoms with van der Waals surface area (Å²) in [6.07, 6.45) is 0.357. The summed E-state index contributed by atoms with van der Waals surface area (Å²) in [4.78, 5) is 16.4. The van der Waals surface area contributed by atoms with Crippen LogP contribution in [0, 0.1) is 12.3 Å². The summed E-state index contributed by atoms with van der Waals surface area (Å²) in [5.41, 5.74) is 5.99. The van der Waals surface area contributed by atoms with Crippen LogP contribution in [-0.2, 0) is 0 Å². The number of nitrogens with two attached hydrogens (primary N) is 1. The molecule has 0 spiro atoms. The minimum absolute atomic E-state index is 0.0283. The van der Waals surface area contributed by atoms with Crippen molar-refractivity contribution in [3.05, 3.63) is 29.8 Å². The number of carbonyl (C=O) groups is 1. The lowest BCUT2D eigenvalue weighted by Crippen LogP contribution is -2.33. The van der Waals surface area contributed by atoms with Crippen LogP contribution in [0.5, 0.6) is 5.75 Å². The van der Waals surface area contributed by atoms with E-state index in [1.807, 2.05) is 0 Å². The Bertz CT molecular complexity index is 634. The molecule has 0 aliphatic carbocycles. The summed E-state index contributed by atoms with van der Waals surface area (Å²) in [6.45, 7) is -0.0575. The number of amides is 2. The van der Waals surface area contributed by atoms with Gasteiger partial charge in [0.15, 0.2) is 0 Å². The van der Waals surface area contributed by atoms with Crippen LogP contribution >= 0.6 is 0 Å². The molecule has 1 aromatic rings. The largest absolute Gasteiger partial charge is 0.573 e. The number of amidine groups is 1. The summed E-state index contributed by atoms with van der Waals surface area (Å²) in [6, 6.07) is 3.73. The smallest absolute Gasteiger partial charge is 0.406 e. The summed E-state index contributed by atoms with van der Waals surface area (Å²) in [7, 11) is 0. The van der Waals surface area contributed by atoms with Crippen molar-refractivity contribution in [2.45, 2.75) is 12.4 Å². The van der Waals surface area contributed by atoms with Gasteiger partial charge in [-0.05, 0) is 17.7 Å². The lowest BCUT2D eigenvalue weighted by Gasteiger charge is -2.22. The van der Waals surface area contributed by atoms with Gasteiger partial charge in [0.1, 0.15) is 17.6 Å². The van der Waals surface area contributed by atoms with Gasteiger partial charge in [0.05, 0.1) is 6.54 Å². The molecule has 0 fully saturated rings. The molecule has 2 N–H and O–H groups in total. The molecule has 1 heterocycles. The molecule has 5 nitrogen and oxygen atoms in total. The molecule has 0 aromatic heterocycles. The van der Waals surface area contributed by atoms with Gasteiger partial charge in [0.25, 0.3) is 0 Å². The molecule has 2 rings (SSSR count). The number of aliphatic imine (C=N–C) groups is 1. The van der Waals surface area contributed by atoms with Crippen LogP contribution in [0.4, 0.5) is 18.0 Å². The van der Waals surface area contributed by atoms with Crippen LogP contribution in [0.15, 0.2) is 29.3 Å². The first-order chi connectivity index (χ1) is 9.81. The molecule has 1 unspecified atom stereocenters. The Labute approximate surface area is 118 Å². The van der Waals surface area contributed by atoms with Crippen LogP contribution < -0.4 is 10.5 Å². The summed E-state index contributed by atoms with van der Waals surface area (Å²) in [5, 5.41) is 0. The first-order valence-corrected chi connectivity index (χ1v) is 5.75. The van der Waals surface area contributed by atoms with Gasteiger partial charge in [0.2, 0.25) is 0 Å². The monoisotopic (exact) mass is 297 g/mol. The Kier molecular flexibility index (Phi) is 3.76. The Morgan fingerprint density at radius 1 is 1.48 bits per heavy atom. The molecule has 1 aliphatic rings. The normalized spacial score (nSPS) is 18.4. The molecule has 1 atom stereocenters. The Morgan fingerprint density at radius 2 is 2.19 bits per heavy atom. The zero-order valence-corrected chi connectivity index (χ0v) is 10.6. The molecular weight excluding hydrogens is 287 g/mol. The molecule has 0 saturated carbocycles. The average Bonchev–Trinajstić information content (AvgIpc) is 2.63. The van der Waals surface area contributed by atoms with E-state index in [9.17, 15) is 18.0 Å². The molecule has 0 saturated heterocycles. The van der Waals surface area contributed by atoms with Gasteiger partial charge in [-0.1, -0.05) is 18.1 Å². The van der Waals surface area contributed by atoms with Crippen molar-refractivity contribution < 1.29 is 22.7 Å². The van der Waals surface area contributed by atoms with Gasteiger partial charge in [0, 0.05) is 0 Å². The van der Waals surface area contributed by atoms with Crippen molar-refractivity contribution in [2.75, 3.05) is 6.54 Å². The number of alkyl halides is 3. The highest BCUT2D eigenvalue weighted by Gasteiger charge is 2.35. The van der Waals surface area contributed by atoms with E-state index in [1.54, 1.807) is 0 Å². The van der Waals surface area contributed by atoms with Crippen LogP contribution in [0.25, 0.3) is 0 Å². The molecule has 110 valence electrons. The number of benzene rings is 1. The maximum Gasteiger partial charge on any atom is 0.573 e. The lowest BCUT2D eigenvalue weighted by molar-refractivity contribution is -0.274. The van der Waals surface area contributed by atoms with Crippen LogP contribution in [-0.4, -0.2) is 29.7 Å². The third-order valence-electron chi connectivity index (χ3n) is 2.73. The minimum atomic E-state index is -4.80. The van der Waals surface area contributed by atoms with E-state index >= 15 is 0 Å². The fourth-order valence-corrected chi connectivity index (χ4v) is 2.00. The number of ether oxygens (including phenoxy) is 1. The van der Waals surface area contributed by atoms with Crippen molar-refractivity contribution in [3.8, 4) is 18.1 Å². The van der Waals surface area contributed by atoms with E-state index in [1.165, 1.54) is 17.0 Å². The van der Waals surface area contributed by atoms with E-state index in [0.717, 1.165) is 12.1 Å². The number of rotatable bonds is 3. The van der Waals surface area contributed by atoms with Gasteiger partial charge in [-0.15, -0.1) is 19.6 Å². The van der Waals surface area contributed by atoms with E-state index in [-0.39, 0.29) is 12.4 Å². The van der Waals surface area contributed by atoms with Gasteiger partial charge < -0.3 is 10.5 Å². The molecule has 0 radical (unpaired) electrons. The highest BCUT2D eigenvalue weighted by Crippen LogP contribution is 2.30. The minimum Gasteiger partial charge on any atom is -0.406 e. The number of urea groups is 1. The number of terminal acetylenes is 1. The van der Waals surface area contributed by atoms with Gasteiger partial charge in [-0.2, -0.15) is 4.99 Å². The van der Waals surface area contributed by atoms with Crippen molar-refractivity contribution in [1.29, 1.82) is 0 Å². The molecule has 2 amide bonds. The SMILES string of the molecule is C#CCN1C(=O)N=C(N)C1c1cccc(OC(F)(F)F)c1. The second-order valence-corrected chi connectivity index (χ2v) is 4.17. The highest BCUT2D eigenvalue weighted by atomic mass is 19.4. The third-order valence-corrected chi connectivity index (χ3v) is 2.73. The topological polar surface area (TPSA) is 67.9 Å². The predicted molar refractivity (Wildman–Crippen MR) is 68.4 cm³/mol. The molecule has 0 bridgehead atoms. The van der Waals surface area contributed by atoms with Crippen molar-refractivity contribution in [2.24, 2.45) is 10.7 Å². The second kappa shape index (κ2) is 5.36. The zero-order valence-electron chi connectivity index (χ0n) is 10.6. The van der Waals surface area contributed by atoms with Crippen molar-refractivity contribution in [3.63, 3.8) is 0 Å². The number of nitrogens with zero attached hydrogens (tertiary/aromatic N) is 2. The van der Waals surface area contributed by atoms with E-state index in [0.29, 0.717) is 5.56 Å². The molecule has 1 aliphatic heterocycles. The number of hydrogen-bond acceptors (Lipinski definition) is 3. The van der Waals surface area contributed by atoms with E-state index < -0.39 is 24.2 Å². The van der Waals surface area contributed by atoms with Crippen molar-refractivity contribution in [1.82, 2.24) is 4.90 Å². The number of hydrogen-bond donors (Lipinski definition) is 1. The quantitative estimate of drug-likeness (QED) is 0.868. The van der Waals surface area contributed by atoms with Crippen LogP contribution in [0.3, 0.4) is 0 Å². The Morgan fingerprint density at radius 3 is 2.81 bits per heavy atom. The van der Waals surface area contributed by atoms with E-state index in [4.69, 9.17) is 12.2 Å². The number of carbonyl (C=O) groups excluding carboxylic acids is 1. The standard InChI is InChI=1S/C13H10F3N3O2/c1-2-6-19-10(11(17)18-12(19)20)8-4-3-5-9(7-8)21-13(14,15)16/h1,3-5,7,10H,6H2,(H2,17,18,20). The molecule has 1 aromatic carbocycles. The Balaban J connectivity index is 2.33. The molecule has 21 heavy (non-hydrogen) atoms. The fourth-order valence-electron chi connectivity index (χ4n) is 2.00. The second-order valence-electron chi connectivity index (χ2n) is 4.17. The lowest BCUT2D eigenvalue weighted by atomic mass is 10.1. The zero-order chi connectivity index (χ0) is 15.6. The number of halogens is 3. The molecular formula is C13H10F3N3O2. The van der Waals surface area contributed by atoms with Crippen LogP contribution in [0.1, 0.15) is 11.6 Å². The highest BCUT2D eigenvalue weighted by molar-refractivity contribution is 6.03. The first kappa shape index (κ1) is 14.7. The van der Waals surface area contributed by atoms with Crippen LogP contribution in [0.2, 0.25) is 0 Å². The average molecular weight is 297 g/mol. The fraction of sp³-hybridized carbons (Fsp3) is 0.231. The summed E-state index contributed by atoms with van der Waals surface area (Å²) >= 11 is 0. The summed E-state index contributed by atoms with van der Waals surface area (Å²) in [5.74, 6) is 1.84. The van der Waals surface area contributed by atoms with Gasteiger partial charge in [-0.25, -0.2) is 4.79 Å². The molecule has 8 heteroatoms. The Hall–Kier alpha value is -2.69. The maximum absolute atomic E-state index is 12.2. The summed E-state index contributed by atoms with van der Waals surface area (Å²) < 4.78 is 40.5. The van der Waals surface area contributed by atoms with Gasteiger partial charge >= 0.3 is 12.4 Å². The maximum atomic E-state index is 12.2. The van der Waals surface area contributed by atoms with E-state index in [2.05, 4.69) is 15.6 Å². The predicted octanol–water partition coefficient (Wildman–Crippen LogP) is 2.05.